The molecule has 1 aliphatic heterocycles. The monoisotopic (exact) mass is 593 g/mol. The molecular weight excluding hydrogens is 562 g/mol. The lowest BCUT2D eigenvalue weighted by molar-refractivity contribution is -0.265. The maximum absolute atomic E-state index is 14.6. The van der Waals surface area contributed by atoms with E-state index >= 15 is 0 Å². The van der Waals surface area contributed by atoms with E-state index in [1.54, 1.807) is 6.92 Å². The van der Waals surface area contributed by atoms with Crippen LogP contribution >= 0.6 is 0 Å². The van der Waals surface area contributed by atoms with Crippen molar-refractivity contribution in [1.82, 2.24) is 10.3 Å². The first-order valence-electron chi connectivity index (χ1n) is 13.0. The van der Waals surface area contributed by atoms with E-state index in [4.69, 9.17) is 19.9 Å². The van der Waals surface area contributed by atoms with Gasteiger partial charge in [0.15, 0.2) is 17.2 Å². The summed E-state index contributed by atoms with van der Waals surface area (Å²) in [6.45, 7) is 1.86. The van der Waals surface area contributed by atoms with Crippen molar-refractivity contribution in [3.05, 3.63) is 71.2 Å². The Balaban J connectivity index is 1.71. The van der Waals surface area contributed by atoms with Crippen molar-refractivity contribution in [2.75, 3.05) is 26.9 Å². The van der Waals surface area contributed by atoms with Crippen LogP contribution < -0.4 is 25.3 Å². The number of carbonyl (C=O) groups is 1. The number of pyridine rings is 1. The Morgan fingerprint density at radius 3 is 2.48 bits per heavy atom. The maximum Gasteiger partial charge on any atom is 0.424 e. The molecule has 5 N–H and O–H groups in total. The summed E-state index contributed by atoms with van der Waals surface area (Å²) in [5.41, 5.74) is 1.12. The number of nitrogens with two attached hydrogens (primary N) is 1. The number of methoxy groups -OCH3 is 1. The first-order chi connectivity index (χ1) is 19.7. The molecule has 0 saturated heterocycles. The zero-order chi connectivity index (χ0) is 30.9. The highest BCUT2D eigenvalue weighted by atomic mass is 19.4. The van der Waals surface area contributed by atoms with Gasteiger partial charge in [0.05, 0.1) is 31.0 Å². The largest absolute Gasteiger partial charge is 0.493 e. The Hall–Kier alpha value is -3.94. The molecule has 3 atom stereocenters. The van der Waals surface area contributed by atoms with E-state index in [1.165, 1.54) is 44.4 Å². The number of hydrogen-bond acceptors (Lipinski definition) is 8. The second-order valence-corrected chi connectivity index (χ2v) is 10.1. The molecule has 42 heavy (non-hydrogen) atoms. The molecule has 0 radical (unpaired) electrons. The lowest BCUT2D eigenvalue weighted by Crippen LogP contribution is -2.51. The first-order valence-corrected chi connectivity index (χ1v) is 13.0. The van der Waals surface area contributed by atoms with E-state index in [0.29, 0.717) is 6.42 Å². The van der Waals surface area contributed by atoms with Gasteiger partial charge in [-0.1, -0.05) is 6.92 Å². The number of nitrogens with zero attached hydrogens (tertiary/aromatic N) is 1. The summed E-state index contributed by atoms with van der Waals surface area (Å²) in [6.07, 6.45) is -5.77. The second-order valence-electron chi connectivity index (χ2n) is 10.1. The fraction of sp³-hybridized carbons (Fsp3) is 0.379. The van der Waals surface area contributed by atoms with Gasteiger partial charge in [0, 0.05) is 16.7 Å². The summed E-state index contributed by atoms with van der Waals surface area (Å²) in [6, 6.07) is 9.83. The van der Waals surface area contributed by atoms with E-state index in [2.05, 4.69) is 10.3 Å². The zero-order valence-corrected chi connectivity index (χ0v) is 23.1. The molecular formula is C29H31F4N3O6. The lowest BCUT2D eigenvalue weighted by Gasteiger charge is -2.31. The molecule has 2 heterocycles. The molecule has 1 aromatic heterocycles. The minimum Gasteiger partial charge on any atom is -0.493 e. The summed E-state index contributed by atoms with van der Waals surface area (Å²) in [7, 11) is 1.31. The molecule has 13 heteroatoms. The van der Waals surface area contributed by atoms with E-state index < -0.39 is 47.4 Å². The van der Waals surface area contributed by atoms with Crippen LogP contribution in [0.4, 0.5) is 17.6 Å². The second kappa shape index (κ2) is 11.7. The van der Waals surface area contributed by atoms with Gasteiger partial charge in [-0.2, -0.15) is 13.2 Å². The van der Waals surface area contributed by atoms with Crippen molar-refractivity contribution >= 4 is 5.91 Å². The van der Waals surface area contributed by atoms with Crippen LogP contribution in [-0.4, -0.2) is 60.3 Å². The number of carbonyl (C=O) groups excluding carboxylic acids is 1. The minimum absolute atomic E-state index is 0.0435. The molecule has 0 bridgehead atoms. The standard InChI is InChI=1S/C29H31F4N3O6/c1-4-27(34)15-42-25-20(27)12-23(36-24(25)17-5-8-19(30)9-6-17)28(39,29(31,32)33)14-35-26(38)18-7-10-21(22(11-18)40-3)41-13-16(2)37/h5-12,16,37,39H,4,13-15,34H2,1-3H3,(H,35,38)/t16-,27+,28?/m1/s1. The number of amides is 1. The van der Waals surface area contributed by atoms with Gasteiger partial charge in [0.25, 0.3) is 5.91 Å². The number of hydrogen-bond donors (Lipinski definition) is 4. The summed E-state index contributed by atoms with van der Waals surface area (Å²) < 4.78 is 73.7. The van der Waals surface area contributed by atoms with Gasteiger partial charge < -0.3 is 35.5 Å². The summed E-state index contributed by atoms with van der Waals surface area (Å²) in [5.74, 6) is -1.06. The Bertz CT molecular complexity index is 1450. The molecule has 0 spiro atoms. The topological polar surface area (TPSA) is 136 Å². The van der Waals surface area contributed by atoms with Crippen LogP contribution in [0, 0.1) is 5.82 Å². The number of aliphatic hydroxyl groups is 2. The van der Waals surface area contributed by atoms with E-state index in [0.717, 1.165) is 18.2 Å². The zero-order valence-electron chi connectivity index (χ0n) is 23.1. The number of aliphatic hydroxyl groups excluding tert-OH is 1. The highest BCUT2D eigenvalue weighted by Gasteiger charge is 2.57. The van der Waals surface area contributed by atoms with Crippen molar-refractivity contribution in [2.45, 2.75) is 43.7 Å². The number of nitrogens with one attached hydrogen (secondary N) is 1. The lowest BCUT2D eigenvalue weighted by atomic mass is 9.86. The van der Waals surface area contributed by atoms with Crippen LogP contribution in [0.3, 0.4) is 0 Å². The molecule has 3 aromatic rings. The van der Waals surface area contributed by atoms with Crippen molar-refractivity contribution in [3.63, 3.8) is 0 Å². The summed E-state index contributed by atoms with van der Waals surface area (Å²) in [5, 5.41) is 22.7. The van der Waals surface area contributed by atoms with Gasteiger partial charge in [-0.15, -0.1) is 0 Å². The Morgan fingerprint density at radius 1 is 1.19 bits per heavy atom. The molecule has 9 nitrogen and oxygen atoms in total. The predicted molar refractivity (Wildman–Crippen MR) is 144 cm³/mol. The molecule has 0 fully saturated rings. The number of halogens is 4. The molecule has 0 aliphatic carbocycles. The minimum atomic E-state index is -5.29. The predicted octanol–water partition coefficient (Wildman–Crippen LogP) is 3.79. The Labute approximate surface area is 239 Å². The SMILES string of the molecule is CC[C@]1(N)COc2c1cc(C(O)(CNC(=O)c1ccc(OC[C@@H](C)O)c(OC)c1)C(F)(F)F)nc2-c1ccc(F)cc1. The van der Waals surface area contributed by atoms with Crippen molar-refractivity contribution in [1.29, 1.82) is 0 Å². The summed E-state index contributed by atoms with van der Waals surface area (Å²) >= 11 is 0. The fourth-order valence-corrected chi connectivity index (χ4v) is 4.42. The summed E-state index contributed by atoms with van der Waals surface area (Å²) in [4.78, 5) is 17.1. The van der Waals surface area contributed by atoms with Crippen molar-refractivity contribution < 1.29 is 46.8 Å². The quantitative estimate of drug-likeness (QED) is 0.261. The normalized spacial score (nSPS) is 18.4. The molecule has 1 aliphatic rings. The average molecular weight is 594 g/mol. The molecule has 1 amide bonds. The van der Waals surface area contributed by atoms with E-state index in [1.807, 2.05) is 0 Å². The van der Waals surface area contributed by atoms with Crippen LogP contribution in [0.25, 0.3) is 11.3 Å². The number of ether oxygens (including phenoxy) is 3. The fourth-order valence-electron chi connectivity index (χ4n) is 4.42. The van der Waals surface area contributed by atoms with Crippen molar-refractivity contribution in [2.24, 2.45) is 5.73 Å². The van der Waals surface area contributed by atoms with Crippen molar-refractivity contribution in [3.8, 4) is 28.5 Å². The van der Waals surface area contributed by atoms with Gasteiger partial charge >= 0.3 is 6.18 Å². The van der Waals surface area contributed by atoms with Gasteiger partial charge in [-0.3, -0.25) is 4.79 Å². The van der Waals surface area contributed by atoms with Crippen LogP contribution in [0.5, 0.6) is 17.2 Å². The third-order valence-electron chi connectivity index (χ3n) is 7.04. The van der Waals surface area contributed by atoms with Gasteiger partial charge in [0.1, 0.15) is 24.7 Å². The molecule has 226 valence electrons. The first kappa shape index (κ1) is 31.0. The molecule has 0 saturated carbocycles. The number of fused-ring (bicyclic) bond motifs is 1. The number of benzene rings is 2. The average Bonchev–Trinajstić information content (AvgIpc) is 3.30. The van der Waals surface area contributed by atoms with Gasteiger partial charge in [-0.05, 0) is 61.9 Å². The Kier molecular flexibility index (Phi) is 8.67. The number of rotatable bonds is 10. The van der Waals surface area contributed by atoms with E-state index in [9.17, 15) is 32.6 Å². The van der Waals surface area contributed by atoms with Crippen LogP contribution in [0.1, 0.15) is 41.9 Å². The number of aromatic nitrogens is 1. The maximum atomic E-state index is 14.6. The number of alkyl halides is 3. The third kappa shape index (κ3) is 5.98. The van der Waals surface area contributed by atoms with Crippen LogP contribution in [-0.2, 0) is 11.1 Å². The third-order valence-corrected chi connectivity index (χ3v) is 7.04. The smallest absolute Gasteiger partial charge is 0.424 e. The highest BCUT2D eigenvalue weighted by Crippen LogP contribution is 2.47. The van der Waals surface area contributed by atoms with E-state index in [-0.39, 0.29) is 52.8 Å². The van der Waals surface area contributed by atoms with Crippen LogP contribution in [0.15, 0.2) is 48.5 Å². The van der Waals surface area contributed by atoms with Gasteiger partial charge in [-0.25, -0.2) is 9.37 Å². The highest BCUT2D eigenvalue weighted by molar-refractivity contribution is 5.95. The van der Waals surface area contributed by atoms with Crippen LogP contribution in [0.2, 0.25) is 0 Å². The van der Waals surface area contributed by atoms with Gasteiger partial charge in [0.2, 0.25) is 5.60 Å². The Morgan fingerprint density at radius 2 is 1.88 bits per heavy atom. The molecule has 2 aromatic carbocycles. The molecule has 1 unspecified atom stereocenters. The molecule has 4 rings (SSSR count).